The molecule has 0 bridgehead atoms. The Labute approximate surface area is 126 Å². The van der Waals surface area contributed by atoms with Gasteiger partial charge in [-0.05, 0) is 30.2 Å². The van der Waals surface area contributed by atoms with Gasteiger partial charge in [-0.3, -0.25) is 4.79 Å². The van der Waals surface area contributed by atoms with E-state index in [2.05, 4.69) is 0 Å². The van der Waals surface area contributed by atoms with Crippen LogP contribution < -0.4 is 10.5 Å². The molecule has 22 heavy (non-hydrogen) atoms. The number of amides is 1. The molecule has 0 fully saturated rings. The number of carbonyl (C=O) groups is 1. The lowest BCUT2D eigenvalue weighted by molar-refractivity contribution is -0.164. The maximum Gasteiger partial charge on any atom is 0.408 e. The number of hydrogen-bond acceptors (Lipinski definition) is 3. The molecule has 2 unspecified atom stereocenters. The normalized spacial score (nSPS) is 15.2. The summed E-state index contributed by atoms with van der Waals surface area (Å²) in [6.45, 7) is 2.99. The quantitative estimate of drug-likeness (QED) is 0.861. The second-order valence-electron chi connectivity index (χ2n) is 4.95. The van der Waals surface area contributed by atoms with Gasteiger partial charge < -0.3 is 5.32 Å². The third-order valence-electron chi connectivity index (χ3n) is 3.30. The molecular weight excluding hydrogens is 321 g/mol. The topological polar surface area (TPSA) is 89.3 Å². The highest BCUT2D eigenvalue weighted by Gasteiger charge is 2.43. The number of nitrogens with one attached hydrogen (secondary N) is 1. The van der Waals surface area contributed by atoms with Crippen molar-refractivity contribution in [3.8, 4) is 0 Å². The number of sulfonamides is 1. The average molecular weight is 338 g/mol. The molecule has 2 atom stereocenters. The fourth-order valence-electron chi connectivity index (χ4n) is 1.80. The van der Waals surface area contributed by atoms with Crippen molar-refractivity contribution in [1.82, 2.24) is 5.32 Å². The first-order valence-electron chi connectivity index (χ1n) is 6.47. The first-order valence-corrected chi connectivity index (χ1v) is 8.02. The van der Waals surface area contributed by atoms with Gasteiger partial charge in [-0.2, -0.15) is 13.2 Å². The second-order valence-corrected chi connectivity index (χ2v) is 6.51. The predicted molar refractivity (Wildman–Crippen MR) is 74.6 cm³/mol. The minimum atomic E-state index is -4.56. The Hall–Kier alpha value is -1.61. The van der Waals surface area contributed by atoms with Crippen LogP contribution in [0.5, 0.6) is 0 Å². The van der Waals surface area contributed by atoms with Crippen LogP contribution in [0, 0.1) is 5.92 Å². The van der Waals surface area contributed by atoms with Crippen molar-refractivity contribution in [2.24, 2.45) is 11.1 Å². The van der Waals surface area contributed by atoms with E-state index in [-0.39, 0.29) is 16.9 Å². The van der Waals surface area contributed by atoms with Gasteiger partial charge in [0.1, 0.15) is 6.04 Å². The Bertz CT molecular complexity index is 627. The summed E-state index contributed by atoms with van der Waals surface area (Å²) in [7, 11) is -3.92. The van der Waals surface area contributed by atoms with E-state index in [4.69, 9.17) is 5.14 Å². The number of nitrogens with two attached hydrogens (primary N) is 1. The number of primary sulfonamides is 1. The van der Waals surface area contributed by atoms with Crippen LogP contribution in [0.3, 0.4) is 0 Å². The summed E-state index contributed by atoms with van der Waals surface area (Å²) in [4.78, 5) is 11.7. The largest absolute Gasteiger partial charge is 0.408 e. The van der Waals surface area contributed by atoms with E-state index in [1.807, 2.05) is 5.32 Å². The number of rotatable bonds is 5. The predicted octanol–water partition coefficient (Wildman–Crippen LogP) is 2.04. The average Bonchev–Trinajstić information content (AvgIpc) is 2.41. The standard InChI is InChI=1S/C13H17F3N2O3S/c1-3-8(2)11(13(14,15)16)18-12(19)9-4-6-10(7-5-9)22(17,20)21/h4-8,11H,3H2,1-2H3,(H,18,19)(H2,17,20,21). The maximum atomic E-state index is 12.9. The molecule has 1 rings (SSSR count). The third kappa shape index (κ3) is 4.70. The molecule has 9 heteroatoms. The number of halogens is 3. The molecule has 0 radical (unpaired) electrons. The minimum Gasteiger partial charge on any atom is -0.340 e. The minimum absolute atomic E-state index is 0.0787. The lowest BCUT2D eigenvalue weighted by Gasteiger charge is -2.26. The molecule has 124 valence electrons. The molecule has 5 nitrogen and oxygen atoms in total. The Kier molecular flexibility index (Phi) is 5.58. The first kappa shape index (κ1) is 18.4. The number of hydrogen-bond donors (Lipinski definition) is 2. The molecule has 1 aromatic carbocycles. The number of carbonyl (C=O) groups excluding carboxylic acids is 1. The first-order chi connectivity index (χ1) is 9.96. The molecule has 0 heterocycles. The Morgan fingerprint density at radius 2 is 1.77 bits per heavy atom. The summed E-state index contributed by atoms with van der Waals surface area (Å²) in [6.07, 6.45) is -4.32. The third-order valence-corrected chi connectivity index (χ3v) is 4.23. The summed E-state index contributed by atoms with van der Waals surface area (Å²) in [5, 5.41) is 6.84. The molecule has 1 aromatic rings. The second kappa shape index (κ2) is 6.66. The molecule has 0 aliphatic carbocycles. The van der Waals surface area contributed by atoms with Gasteiger partial charge in [0.2, 0.25) is 10.0 Å². The van der Waals surface area contributed by atoms with E-state index in [9.17, 15) is 26.4 Å². The lowest BCUT2D eigenvalue weighted by Crippen LogP contribution is -2.49. The van der Waals surface area contributed by atoms with Gasteiger partial charge in [0.25, 0.3) is 5.91 Å². The van der Waals surface area contributed by atoms with Gasteiger partial charge >= 0.3 is 6.18 Å². The van der Waals surface area contributed by atoms with Gasteiger partial charge in [-0.1, -0.05) is 20.3 Å². The fourth-order valence-corrected chi connectivity index (χ4v) is 2.32. The molecule has 0 aromatic heterocycles. The maximum absolute atomic E-state index is 12.9. The van der Waals surface area contributed by atoms with Gasteiger partial charge in [0, 0.05) is 5.56 Å². The summed E-state index contributed by atoms with van der Waals surface area (Å²) >= 11 is 0. The zero-order valence-electron chi connectivity index (χ0n) is 12.0. The van der Waals surface area contributed by atoms with Crippen molar-refractivity contribution >= 4 is 15.9 Å². The van der Waals surface area contributed by atoms with Crippen molar-refractivity contribution < 1.29 is 26.4 Å². The Balaban J connectivity index is 2.96. The van der Waals surface area contributed by atoms with Gasteiger partial charge in [-0.15, -0.1) is 0 Å². The zero-order valence-corrected chi connectivity index (χ0v) is 12.8. The summed E-state index contributed by atoms with van der Waals surface area (Å²) < 4.78 is 61.0. The fraction of sp³-hybridized carbons (Fsp3) is 0.462. The van der Waals surface area contributed by atoms with Crippen LogP contribution in [-0.4, -0.2) is 26.5 Å². The highest BCUT2D eigenvalue weighted by Crippen LogP contribution is 2.27. The molecule has 0 spiro atoms. The van der Waals surface area contributed by atoms with E-state index >= 15 is 0 Å². The van der Waals surface area contributed by atoms with E-state index in [0.29, 0.717) is 0 Å². The van der Waals surface area contributed by atoms with Crippen LogP contribution in [0.2, 0.25) is 0 Å². The van der Waals surface area contributed by atoms with E-state index < -0.39 is 34.1 Å². The van der Waals surface area contributed by atoms with Crippen LogP contribution >= 0.6 is 0 Å². The van der Waals surface area contributed by atoms with Crippen molar-refractivity contribution in [2.45, 2.75) is 37.4 Å². The molecule has 0 aliphatic heterocycles. The van der Waals surface area contributed by atoms with Gasteiger partial charge in [-0.25, -0.2) is 13.6 Å². The molecule has 0 aliphatic rings. The molecule has 0 saturated heterocycles. The van der Waals surface area contributed by atoms with E-state index in [1.54, 1.807) is 6.92 Å². The molecule has 1 amide bonds. The monoisotopic (exact) mass is 338 g/mol. The van der Waals surface area contributed by atoms with Crippen LogP contribution in [-0.2, 0) is 10.0 Å². The van der Waals surface area contributed by atoms with Gasteiger partial charge in [0.15, 0.2) is 0 Å². The summed E-state index contributed by atoms with van der Waals surface area (Å²) in [5.41, 5.74) is -0.0787. The molecule has 0 saturated carbocycles. The van der Waals surface area contributed by atoms with Crippen molar-refractivity contribution in [3.63, 3.8) is 0 Å². The molecular formula is C13H17F3N2O3S. The van der Waals surface area contributed by atoms with E-state index in [1.165, 1.54) is 6.92 Å². The van der Waals surface area contributed by atoms with Crippen LogP contribution in [0.1, 0.15) is 30.6 Å². The molecule has 3 N–H and O–H groups in total. The highest BCUT2D eigenvalue weighted by atomic mass is 32.2. The SMILES string of the molecule is CCC(C)C(NC(=O)c1ccc(S(N)(=O)=O)cc1)C(F)(F)F. The van der Waals surface area contributed by atoms with Crippen molar-refractivity contribution in [1.29, 1.82) is 0 Å². The number of alkyl halides is 3. The van der Waals surface area contributed by atoms with Gasteiger partial charge in [0.05, 0.1) is 4.90 Å². The summed E-state index contributed by atoms with van der Waals surface area (Å²) in [6, 6.07) is 2.38. The van der Waals surface area contributed by atoms with Crippen LogP contribution in [0.4, 0.5) is 13.2 Å². The highest BCUT2D eigenvalue weighted by molar-refractivity contribution is 7.89. The lowest BCUT2D eigenvalue weighted by atomic mass is 9.98. The van der Waals surface area contributed by atoms with E-state index in [0.717, 1.165) is 24.3 Å². The Morgan fingerprint density at radius 1 is 1.27 bits per heavy atom. The van der Waals surface area contributed by atoms with Crippen LogP contribution in [0.25, 0.3) is 0 Å². The zero-order chi connectivity index (χ0) is 17.1. The summed E-state index contributed by atoms with van der Waals surface area (Å²) in [5.74, 6) is -1.71. The Morgan fingerprint density at radius 3 is 2.14 bits per heavy atom. The van der Waals surface area contributed by atoms with Crippen LogP contribution in [0.15, 0.2) is 29.2 Å². The smallest absolute Gasteiger partial charge is 0.340 e. The van der Waals surface area contributed by atoms with Crippen molar-refractivity contribution in [2.75, 3.05) is 0 Å². The van der Waals surface area contributed by atoms with Crippen molar-refractivity contribution in [3.05, 3.63) is 29.8 Å². The number of benzene rings is 1.